The summed E-state index contributed by atoms with van der Waals surface area (Å²) in [5.41, 5.74) is 0. The minimum Gasteiger partial charge on any atom is -0.413 e. The van der Waals surface area contributed by atoms with Gasteiger partial charge >= 0.3 is 0 Å². The molecule has 0 rings (SSSR count). The van der Waals surface area contributed by atoms with Crippen molar-refractivity contribution in [2.45, 2.75) is 77.8 Å². The minimum atomic E-state index is -1.62. The Bertz CT molecular complexity index is 264. The van der Waals surface area contributed by atoms with Crippen LogP contribution in [0.25, 0.3) is 0 Å². The van der Waals surface area contributed by atoms with Crippen LogP contribution in [0.1, 0.15) is 41.5 Å². The van der Waals surface area contributed by atoms with Gasteiger partial charge in [-0.2, -0.15) is 0 Å². The summed E-state index contributed by atoms with van der Waals surface area (Å²) >= 11 is 0. The monoisotopic (exact) mass is 286 g/mol. The van der Waals surface area contributed by atoms with Gasteiger partial charge in [0.05, 0.1) is 14.7 Å². The summed E-state index contributed by atoms with van der Waals surface area (Å²) < 4.78 is 6.34. The van der Waals surface area contributed by atoms with Gasteiger partial charge in [-0.25, -0.2) is 0 Å². The number of rotatable bonds is 7. The van der Waals surface area contributed by atoms with Gasteiger partial charge in [0.2, 0.25) is 0 Å². The molecular formula is C15H34OSi2. The molecule has 0 aliphatic rings. The number of hydrogen-bond donors (Lipinski definition) is 0. The van der Waals surface area contributed by atoms with E-state index in [0.717, 1.165) is 6.61 Å². The van der Waals surface area contributed by atoms with E-state index in [1.165, 1.54) is 23.3 Å². The summed E-state index contributed by atoms with van der Waals surface area (Å²) in [5.74, 6) is 0. The Morgan fingerprint density at radius 3 is 1.67 bits per heavy atom. The zero-order valence-corrected chi connectivity index (χ0v) is 15.9. The molecule has 0 amide bonds. The topological polar surface area (TPSA) is 9.23 Å². The van der Waals surface area contributed by atoms with E-state index in [-0.39, 0.29) is 0 Å². The van der Waals surface area contributed by atoms with Crippen molar-refractivity contribution in [3.63, 3.8) is 0 Å². The molecule has 0 spiro atoms. The highest BCUT2D eigenvalue weighted by Gasteiger charge is 2.38. The molecule has 0 aliphatic heterocycles. The molecule has 0 aromatic rings. The molecule has 0 aromatic heterocycles. The maximum atomic E-state index is 6.34. The second kappa shape index (κ2) is 6.53. The Hall–Kier alpha value is 0.134. The molecule has 1 nitrogen and oxygen atoms in total. The van der Waals surface area contributed by atoms with Crippen LogP contribution in [-0.2, 0) is 4.43 Å². The maximum Gasteiger partial charge on any atom is 0.192 e. The van der Waals surface area contributed by atoms with E-state index >= 15 is 0 Å². The van der Waals surface area contributed by atoms with Gasteiger partial charge in [-0.15, -0.1) is 6.58 Å². The lowest BCUT2D eigenvalue weighted by molar-refractivity contribution is 0.323. The van der Waals surface area contributed by atoms with Gasteiger partial charge in [0, 0.05) is 0 Å². The first kappa shape index (κ1) is 18.1. The fourth-order valence-corrected chi connectivity index (χ4v) is 6.63. The van der Waals surface area contributed by atoms with Gasteiger partial charge < -0.3 is 4.43 Å². The van der Waals surface area contributed by atoms with Crippen LogP contribution in [0.3, 0.4) is 0 Å². The molecule has 0 fully saturated rings. The molecule has 0 saturated carbocycles. The molecular weight excluding hydrogens is 252 g/mol. The molecule has 0 aromatic carbocycles. The molecule has 0 heterocycles. The third-order valence-electron chi connectivity index (χ3n) is 5.19. The van der Waals surface area contributed by atoms with Crippen LogP contribution in [-0.4, -0.2) is 23.0 Å². The highest BCUT2D eigenvalue weighted by Crippen LogP contribution is 2.37. The van der Waals surface area contributed by atoms with E-state index in [0.29, 0.717) is 5.04 Å². The predicted molar refractivity (Wildman–Crippen MR) is 89.5 cm³/mol. The van der Waals surface area contributed by atoms with Gasteiger partial charge in [-0.1, -0.05) is 64.9 Å². The van der Waals surface area contributed by atoms with Crippen LogP contribution in [0.15, 0.2) is 11.8 Å². The van der Waals surface area contributed by atoms with E-state index in [1.54, 1.807) is 0 Å². The van der Waals surface area contributed by atoms with Crippen molar-refractivity contribution < 1.29 is 4.43 Å². The molecule has 0 bridgehead atoms. The smallest absolute Gasteiger partial charge is 0.192 e. The Morgan fingerprint density at radius 2 is 1.39 bits per heavy atom. The molecule has 3 heteroatoms. The second-order valence-corrected chi connectivity index (χ2v) is 17.2. The Labute approximate surface area is 117 Å². The van der Waals surface area contributed by atoms with Crippen molar-refractivity contribution in [3.05, 3.63) is 11.8 Å². The van der Waals surface area contributed by atoms with Crippen molar-refractivity contribution >= 4 is 16.4 Å². The first-order valence-corrected chi connectivity index (χ1v) is 12.9. The lowest BCUT2D eigenvalue weighted by Gasteiger charge is -2.38. The van der Waals surface area contributed by atoms with Gasteiger partial charge in [-0.3, -0.25) is 0 Å². The predicted octanol–water partition coefficient (Wildman–Crippen LogP) is 5.61. The second-order valence-electron chi connectivity index (χ2n) is 6.99. The summed E-state index contributed by atoms with van der Waals surface area (Å²) in [6, 6.07) is 3.92. The zero-order chi connectivity index (χ0) is 14.6. The van der Waals surface area contributed by atoms with Crippen molar-refractivity contribution in [2.75, 3.05) is 6.61 Å². The summed E-state index contributed by atoms with van der Waals surface area (Å²) in [4.78, 5) is 0. The fourth-order valence-electron chi connectivity index (χ4n) is 2.14. The number of hydrogen-bond acceptors (Lipinski definition) is 1. The SMILES string of the molecule is C=C(CO[Si](C)(C)C(C)(C)C)[Si](CC)(CC)CC. The van der Waals surface area contributed by atoms with E-state index in [4.69, 9.17) is 4.43 Å². The van der Waals surface area contributed by atoms with Crippen LogP contribution in [0.5, 0.6) is 0 Å². The van der Waals surface area contributed by atoms with Crippen molar-refractivity contribution in [1.29, 1.82) is 0 Å². The highest BCUT2D eigenvalue weighted by atomic mass is 28.4. The average Bonchev–Trinajstić information content (AvgIpc) is 2.28. The zero-order valence-electron chi connectivity index (χ0n) is 13.9. The van der Waals surface area contributed by atoms with Gasteiger partial charge in [-0.05, 0) is 18.1 Å². The molecule has 0 N–H and O–H groups in total. The van der Waals surface area contributed by atoms with Crippen molar-refractivity contribution in [1.82, 2.24) is 0 Å². The average molecular weight is 287 g/mol. The van der Waals surface area contributed by atoms with Gasteiger partial charge in [0.1, 0.15) is 0 Å². The van der Waals surface area contributed by atoms with E-state index in [2.05, 4.69) is 61.2 Å². The van der Waals surface area contributed by atoms with E-state index < -0.39 is 16.4 Å². The van der Waals surface area contributed by atoms with Gasteiger partial charge in [0.15, 0.2) is 8.32 Å². The van der Waals surface area contributed by atoms with E-state index in [9.17, 15) is 0 Å². The van der Waals surface area contributed by atoms with Crippen LogP contribution < -0.4 is 0 Å². The molecule has 18 heavy (non-hydrogen) atoms. The van der Waals surface area contributed by atoms with Crippen LogP contribution >= 0.6 is 0 Å². The molecule has 108 valence electrons. The fraction of sp³-hybridized carbons (Fsp3) is 0.867. The summed E-state index contributed by atoms with van der Waals surface area (Å²) in [6.07, 6.45) is 0. The van der Waals surface area contributed by atoms with Crippen LogP contribution in [0.2, 0.25) is 36.3 Å². The maximum absolute atomic E-state index is 6.34. The molecule has 0 aliphatic carbocycles. The lowest BCUT2D eigenvalue weighted by Crippen LogP contribution is -2.44. The normalized spacial score (nSPS) is 13.8. The standard InChI is InChI=1S/C15H34OSi2/c1-10-18(11-2,12-3)14(4)13-16-17(8,9)15(5,6)7/h4,10-13H2,1-3,5-9H3. The van der Waals surface area contributed by atoms with Gasteiger partial charge in [0.25, 0.3) is 0 Å². The van der Waals surface area contributed by atoms with Crippen molar-refractivity contribution in [2.24, 2.45) is 0 Å². The molecule has 0 saturated heterocycles. The lowest BCUT2D eigenvalue weighted by atomic mass is 10.2. The minimum absolute atomic E-state index is 0.294. The third-order valence-corrected chi connectivity index (χ3v) is 15.4. The Morgan fingerprint density at radius 1 is 1.00 bits per heavy atom. The molecule has 0 unspecified atom stereocenters. The largest absolute Gasteiger partial charge is 0.413 e. The highest BCUT2D eigenvalue weighted by molar-refractivity contribution is 6.86. The Kier molecular flexibility index (Phi) is 6.58. The summed E-state index contributed by atoms with van der Waals surface area (Å²) in [6.45, 7) is 23.7. The first-order chi connectivity index (χ1) is 8.06. The molecule has 0 radical (unpaired) electrons. The third kappa shape index (κ3) is 4.07. The quantitative estimate of drug-likeness (QED) is 0.553. The van der Waals surface area contributed by atoms with E-state index in [1.807, 2.05) is 0 Å². The summed E-state index contributed by atoms with van der Waals surface area (Å²) in [7, 11) is -2.90. The van der Waals surface area contributed by atoms with Crippen LogP contribution in [0, 0.1) is 0 Å². The summed E-state index contributed by atoms with van der Waals surface area (Å²) in [5, 5.41) is 1.72. The Balaban J connectivity index is 4.69. The first-order valence-electron chi connectivity index (χ1n) is 7.38. The van der Waals surface area contributed by atoms with Crippen molar-refractivity contribution in [3.8, 4) is 0 Å². The van der Waals surface area contributed by atoms with Crippen LogP contribution in [0.4, 0.5) is 0 Å². The molecule has 0 atom stereocenters.